The zero-order valence-electron chi connectivity index (χ0n) is 11.5. The van der Waals surface area contributed by atoms with E-state index in [-0.39, 0.29) is 0 Å². The Morgan fingerprint density at radius 2 is 1.52 bits per heavy atom. The van der Waals surface area contributed by atoms with Crippen LogP contribution in [0.2, 0.25) is 0 Å². The molecule has 2 N–H and O–H groups in total. The standard InChI is InChI=1S/C19H15NS/c20-16-8-5-13(6-9-16)14-7-10-19-18(11-14)17-4-2-1-3-15(17)12-21-19/h1-11H,12,20H2. The summed E-state index contributed by atoms with van der Waals surface area (Å²) in [4.78, 5) is 1.37. The number of nitrogen functional groups attached to an aromatic ring is 1. The Balaban J connectivity index is 1.86. The van der Waals surface area contributed by atoms with Crippen LogP contribution in [0.15, 0.2) is 71.6 Å². The molecule has 0 saturated heterocycles. The minimum absolute atomic E-state index is 0.803. The Kier molecular flexibility index (Phi) is 2.97. The van der Waals surface area contributed by atoms with E-state index < -0.39 is 0 Å². The fourth-order valence-corrected chi connectivity index (χ4v) is 3.84. The van der Waals surface area contributed by atoms with Gasteiger partial charge in [0.1, 0.15) is 0 Å². The van der Waals surface area contributed by atoms with Crippen LogP contribution in [0, 0.1) is 0 Å². The fraction of sp³-hybridized carbons (Fsp3) is 0.0526. The predicted octanol–water partition coefficient (Wildman–Crippen LogP) is 5.21. The molecule has 21 heavy (non-hydrogen) atoms. The SMILES string of the molecule is Nc1ccc(-c2ccc3c(c2)-c2ccccc2CS3)cc1. The molecule has 0 radical (unpaired) electrons. The Morgan fingerprint density at radius 1 is 0.762 bits per heavy atom. The van der Waals surface area contributed by atoms with Crippen molar-refractivity contribution in [1.82, 2.24) is 0 Å². The Hall–Kier alpha value is -2.19. The summed E-state index contributed by atoms with van der Waals surface area (Å²) in [6, 6.07) is 23.5. The van der Waals surface area contributed by atoms with Crippen molar-refractivity contribution in [2.24, 2.45) is 0 Å². The van der Waals surface area contributed by atoms with Crippen molar-refractivity contribution >= 4 is 17.4 Å². The number of benzene rings is 3. The minimum atomic E-state index is 0.803. The molecule has 4 rings (SSSR count). The van der Waals surface area contributed by atoms with Gasteiger partial charge in [0, 0.05) is 16.3 Å². The van der Waals surface area contributed by atoms with Gasteiger partial charge in [0.05, 0.1) is 0 Å². The lowest BCUT2D eigenvalue weighted by Gasteiger charge is -2.20. The fourth-order valence-electron chi connectivity index (χ4n) is 2.79. The maximum Gasteiger partial charge on any atom is 0.0314 e. The molecule has 0 bridgehead atoms. The van der Waals surface area contributed by atoms with Gasteiger partial charge in [-0.25, -0.2) is 0 Å². The summed E-state index contributed by atoms with van der Waals surface area (Å²) in [6.07, 6.45) is 0. The second kappa shape index (κ2) is 4.97. The van der Waals surface area contributed by atoms with Crippen molar-refractivity contribution in [3.63, 3.8) is 0 Å². The van der Waals surface area contributed by atoms with Crippen molar-refractivity contribution in [3.05, 3.63) is 72.3 Å². The molecule has 0 amide bonds. The van der Waals surface area contributed by atoms with Gasteiger partial charge in [-0.15, -0.1) is 11.8 Å². The van der Waals surface area contributed by atoms with E-state index in [4.69, 9.17) is 5.73 Å². The normalized spacial score (nSPS) is 12.6. The average molecular weight is 289 g/mol. The molecule has 2 heteroatoms. The molecule has 102 valence electrons. The van der Waals surface area contributed by atoms with Crippen LogP contribution < -0.4 is 5.73 Å². The van der Waals surface area contributed by atoms with E-state index in [1.165, 1.54) is 32.7 Å². The van der Waals surface area contributed by atoms with Crippen molar-refractivity contribution in [1.29, 1.82) is 0 Å². The molecule has 1 heterocycles. The molecule has 0 aliphatic carbocycles. The molecule has 1 aliphatic rings. The van der Waals surface area contributed by atoms with Crippen molar-refractivity contribution in [3.8, 4) is 22.3 Å². The molecule has 0 saturated carbocycles. The highest BCUT2D eigenvalue weighted by molar-refractivity contribution is 7.98. The topological polar surface area (TPSA) is 26.0 Å². The Bertz CT molecular complexity index is 806. The number of thioether (sulfide) groups is 1. The molecular weight excluding hydrogens is 274 g/mol. The lowest BCUT2D eigenvalue weighted by atomic mass is 9.96. The number of anilines is 1. The maximum atomic E-state index is 5.78. The Morgan fingerprint density at radius 3 is 2.38 bits per heavy atom. The van der Waals surface area contributed by atoms with Gasteiger partial charge in [-0.2, -0.15) is 0 Å². The number of hydrogen-bond acceptors (Lipinski definition) is 2. The van der Waals surface area contributed by atoms with E-state index in [9.17, 15) is 0 Å². The van der Waals surface area contributed by atoms with Gasteiger partial charge in [0.25, 0.3) is 0 Å². The first kappa shape index (κ1) is 12.5. The molecule has 1 nitrogen and oxygen atoms in total. The van der Waals surface area contributed by atoms with Crippen LogP contribution in [0.5, 0.6) is 0 Å². The zero-order valence-corrected chi connectivity index (χ0v) is 12.4. The van der Waals surface area contributed by atoms with Gasteiger partial charge < -0.3 is 5.73 Å². The molecule has 3 aromatic carbocycles. The maximum absolute atomic E-state index is 5.78. The lowest BCUT2D eigenvalue weighted by molar-refractivity contribution is 1.32. The third kappa shape index (κ3) is 2.22. The van der Waals surface area contributed by atoms with Crippen LogP contribution in [0.3, 0.4) is 0 Å². The van der Waals surface area contributed by atoms with Crippen LogP contribution in [-0.2, 0) is 5.75 Å². The van der Waals surface area contributed by atoms with Crippen molar-refractivity contribution < 1.29 is 0 Å². The van der Waals surface area contributed by atoms with E-state index in [1.807, 2.05) is 23.9 Å². The number of hydrogen-bond donors (Lipinski definition) is 1. The monoisotopic (exact) mass is 289 g/mol. The summed E-state index contributed by atoms with van der Waals surface area (Å²) < 4.78 is 0. The minimum Gasteiger partial charge on any atom is -0.399 e. The molecule has 0 fully saturated rings. The average Bonchev–Trinajstić information content (AvgIpc) is 2.55. The van der Waals surface area contributed by atoms with Crippen LogP contribution in [0.25, 0.3) is 22.3 Å². The van der Waals surface area contributed by atoms with Gasteiger partial charge >= 0.3 is 0 Å². The summed E-state index contributed by atoms with van der Waals surface area (Å²) in [5.74, 6) is 1.06. The third-order valence-corrected chi connectivity index (χ3v) is 5.04. The Labute approximate surface area is 128 Å². The second-order valence-electron chi connectivity index (χ2n) is 5.28. The molecule has 3 aromatic rings. The summed E-state index contributed by atoms with van der Waals surface area (Å²) in [7, 11) is 0. The molecule has 0 spiro atoms. The largest absolute Gasteiger partial charge is 0.399 e. The summed E-state index contributed by atoms with van der Waals surface area (Å²) >= 11 is 1.92. The zero-order chi connectivity index (χ0) is 14.2. The van der Waals surface area contributed by atoms with E-state index in [1.54, 1.807) is 0 Å². The summed E-state index contributed by atoms with van der Waals surface area (Å²) in [5.41, 5.74) is 13.2. The third-order valence-electron chi connectivity index (χ3n) is 3.91. The van der Waals surface area contributed by atoms with Gasteiger partial charge in [-0.1, -0.05) is 42.5 Å². The highest BCUT2D eigenvalue weighted by Gasteiger charge is 2.16. The number of rotatable bonds is 1. The first-order valence-corrected chi connectivity index (χ1v) is 8.01. The van der Waals surface area contributed by atoms with Gasteiger partial charge in [0.2, 0.25) is 0 Å². The molecule has 1 aliphatic heterocycles. The smallest absolute Gasteiger partial charge is 0.0314 e. The quantitative estimate of drug-likeness (QED) is 0.622. The van der Waals surface area contributed by atoms with Gasteiger partial charge in [-0.05, 0) is 52.1 Å². The van der Waals surface area contributed by atoms with E-state index in [2.05, 4.69) is 54.6 Å². The molecule has 0 unspecified atom stereocenters. The van der Waals surface area contributed by atoms with Crippen molar-refractivity contribution in [2.45, 2.75) is 10.6 Å². The predicted molar refractivity (Wildman–Crippen MR) is 91.3 cm³/mol. The van der Waals surface area contributed by atoms with E-state index in [0.29, 0.717) is 0 Å². The van der Waals surface area contributed by atoms with Gasteiger partial charge in [-0.3, -0.25) is 0 Å². The second-order valence-corrected chi connectivity index (χ2v) is 6.30. The van der Waals surface area contributed by atoms with Gasteiger partial charge in [0.15, 0.2) is 0 Å². The van der Waals surface area contributed by atoms with Crippen LogP contribution in [0.1, 0.15) is 5.56 Å². The van der Waals surface area contributed by atoms with Crippen LogP contribution in [0.4, 0.5) is 5.69 Å². The summed E-state index contributed by atoms with van der Waals surface area (Å²) in [6.45, 7) is 0. The lowest BCUT2D eigenvalue weighted by Crippen LogP contribution is -1.96. The van der Waals surface area contributed by atoms with Crippen LogP contribution >= 0.6 is 11.8 Å². The highest BCUT2D eigenvalue weighted by Crippen LogP contribution is 2.42. The van der Waals surface area contributed by atoms with E-state index in [0.717, 1.165) is 11.4 Å². The van der Waals surface area contributed by atoms with Crippen molar-refractivity contribution in [2.75, 3.05) is 5.73 Å². The summed E-state index contributed by atoms with van der Waals surface area (Å²) in [5, 5.41) is 0. The highest BCUT2D eigenvalue weighted by atomic mass is 32.2. The molecule has 0 aromatic heterocycles. The first-order chi connectivity index (χ1) is 10.3. The van der Waals surface area contributed by atoms with E-state index >= 15 is 0 Å². The first-order valence-electron chi connectivity index (χ1n) is 7.02. The number of fused-ring (bicyclic) bond motifs is 3. The number of nitrogens with two attached hydrogens (primary N) is 1. The molecule has 0 atom stereocenters. The molecular formula is C19H15NS. The van der Waals surface area contributed by atoms with Crippen LogP contribution in [-0.4, -0.2) is 0 Å².